The molecule has 0 saturated heterocycles. The van der Waals surface area contributed by atoms with Crippen LogP contribution in [0.25, 0.3) is 12.2 Å². The number of benzene rings is 2. The Hall–Kier alpha value is -4.64. The van der Waals surface area contributed by atoms with Crippen molar-refractivity contribution in [2.75, 3.05) is 7.11 Å². The molecule has 0 fully saturated rings. The van der Waals surface area contributed by atoms with E-state index in [0.29, 0.717) is 16.9 Å². The van der Waals surface area contributed by atoms with Crippen molar-refractivity contribution in [1.82, 2.24) is 5.32 Å². The lowest BCUT2D eigenvalue weighted by molar-refractivity contribution is -0.129. The van der Waals surface area contributed by atoms with Crippen LogP contribution >= 0.6 is 0 Å². The van der Waals surface area contributed by atoms with E-state index in [0.717, 1.165) is 0 Å². The number of rotatable bonds is 8. The lowest BCUT2D eigenvalue weighted by Gasteiger charge is -2.09. The third kappa shape index (κ3) is 6.67. The third-order valence-electron chi connectivity index (χ3n) is 4.36. The highest BCUT2D eigenvalue weighted by Crippen LogP contribution is 2.29. The highest BCUT2D eigenvalue weighted by atomic mass is 19.1. The zero-order valence-electron chi connectivity index (χ0n) is 17.6. The van der Waals surface area contributed by atoms with Gasteiger partial charge in [0.05, 0.1) is 19.9 Å². The number of furan rings is 1. The minimum Gasteiger partial charge on any atom is -0.493 e. The number of nitrogens with zero attached hydrogens (tertiary/aromatic N) is 1. The van der Waals surface area contributed by atoms with E-state index >= 15 is 0 Å². The van der Waals surface area contributed by atoms with Gasteiger partial charge in [0.25, 0.3) is 5.91 Å². The van der Waals surface area contributed by atoms with Crippen LogP contribution in [0.2, 0.25) is 0 Å². The molecule has 0 bridgehead atoms. The molecule has 0 spiro atoms. The third-order valence-corrected chi connectivity index (χ3v) is 4.36. The number of carbonyl (C=O) groups excluding carboxylic acids is 2. The van der Waals surface area contributed by atoms with Crippen LogP contribution in [0.1, 0.15) is 16.9 Å². The molecule has 166 valence electrons. The van der Waals surface area contributed by atoms with E-state index in [-0.39, 0.29) is 29.4 Å². The first kappa shape index (κ1) is 23.0. The number of nitrogens with one attached hydrogen (secondary N) is 1. The molecule has 1 N–H and O–H groups in total. The molecular formula is C25H19FN2O5. The molecule has 0 aliphatic heterocycles. The second-order valence-corrected chi connectivity index (χ2v) is 6.65. The molecule has 3 rings (SSSR count). The molecule has 0 aliphatic carbocycles. The lowest BCUT2D eigenvalue weighted by atomic mass is 10.1. The summed E-state index contributed by atoms with van der Waals surface area (Å²) < 4.78 is 28.7. The van der Waals surface area contributed by atoms with Gasteiger partial charge in [0, 0.05) is 6.08 Å². The number of amides is 1. The van der Waals surface area contributed by atoms with E-state index in [9.17, 15) is 19.2 Å². The predicted molar refractivity (Wildman–Crippen MR) is 118 cm³/mol. The second-order valence-electron chi connectivity index (χ2n) is 6.65. The van der Waals surface area contributed by atoms with Crippen LogP contribution in [-0.2, 0) is 16.1 Å². The Morgan fingerprint density at radius 2 is 1.88 bits per heavy atom. The summed E-state index contributed by atoms with van der Waals surface area (Å²) in [6.07, 6.45) is 5.57. The summed E-state index contributed by atoms with van der Waals surface area (Å²) in [5.74, 6) is -0.639. The average Bonchev–Trinajstić information content (AvgIpc) is 3.35. The van der Waals surface area contributed by atoms with Crippen molar-refractivity contribution in [2.45, 2.75) is 6.54 Å². The largest absolute Gasteiger partial charge is 0.493 e. The summed E-state index contributed by atoms with van der Waals surface area (Å²) in [6.45, 7) is 0.147. The average molecular weight is 446 g/mol. The first-order chi connectivity index (χ1) is 16.0. The van der Waals surface area contributed by atoms with Crippen molar-refractivity contribution < 1.29 is 27.9 Å². The first-order valence-corrected chi connectivity index (χ1v) is 9.74. The highest BCUT2D eigenvalue weighted by molar-refractivity contribution is 6.01. The van der Waals surface area contributed by atoms with Crippen LogP contribution in [0.3, 0.4) is 0 Å². The van der Waals surface area contributed by atoms with Gasteiger partial charge < -0.3 is 19.2 Å². The van der Waals surface area contributed by atoms with E-state index in [1.807, 2.05) is 6.07 Å². The van der Waals surface area contributed by atoms with E-state index in [2.05, 4.69) is 5.32 Å². The Labute approximate surface area is 189 Å². The fraction of sp³-hybridized carbons (Fsp3) is 0.0800. The van der Waals surface area contributed by atoms with E-state index in [1.165, 1.54) is 68.0 Å². The molecule has 1 heterocycles. The summed E-state index contributed by atoms with van der Waals surface area (Å²) in [6, 6.07) is 15.5. The van der Waals surface area contributed by atoms with Crippen LogP contribution in [0, 0.1) is 17.1 Å². The minimum absolute atomic E-state index is 0.115. The molecule has 0 saturated carbocycles. The maximum Gasteiger partial charge on any atom is 0.336 e. The number of hydrogen-bond acceptors (Lipinski definition) is 6. The van der Waals surface area contributed by atoms with Gasteiger partial charge in [0.2, 0.25) is 0 Å². The molecule has 0 radical (unpaired) electrons. The SMILES string of the molecule is COc1cc(/C=C(\C#N)C(=O)NCc2ccco2)ccc1OC(=O)/C=C/c1ccc(F)cc1. The Kier molecular flexibility index (Phi) is 7.76. The molecule has 33 heavy (non-hydrogen) atoms. The van der Waals surface area contributed by atoms with Gasteiger partial charge in [-0.15, -0.1) is 0 Å². The quantitative estimate of drug-likeness (QED) is 0.240. The Morgan fingerprint density at radius 3 is 2.55 bits per heavy atom. The molecule has 0 unspecified atom stereocenters. The van der Waals surface area contributed by atoms with Crippen molar-refractivity contribution in [3.63, 3.8) is 0 Å². The number of methoxy groups -OCH3 is 1. The van der Waals surface area contributed by atoms with Gasteiger partial charge in [-0.3, -0.25) is 4.79 Å². The minimum atomic E-state index is -0.657. The number of halogens is 1. The Bertz CT molecular complexity index is 1220. The molecule has 0 atom stereocenters. The van der Waals surface area contributed by atoms with E-state index in [4.69, 9.17) is 13.9 Å². The monoisotopic (exact) mass is 446 g/mol. The van der Waals surface area contributed by atoms with Gasteiger partial charge in [-0.2, -0.15) is 5.26 Å². The summed E-state index contributed by atoms with van der Waals surface area (Å²) in [4.78, 5) is 24.4. The normalized spacial score (nSPS) is 11.1. The van der Waals surface area contributed by atoms with Crippen molar-refractivity contribution in [1.29, 1.82) is 5.26 Å². The lowest BCUT2D eigenvalue weighted by Crippen LogP contribution is -2.23. The Morgan fingerprint density at radius 1 is 1.12 bits per heavy atom. The van der Waals surface area contributed by atoms with Gasteiger partial charge in [-0.25, -0.2) is 9.18 Å². The van der Waals surface area contributed by atoms with Crippen LogP contribution in [0.4, 0.5) is 4.39 Å². The molecule has 0 aliphatic rings. The fourth-order valence-corrected chi connectivity index (χ4v) is 2.73. The number of hydrogen-bond donors (Lipinski definition) is 1. The molecule has 8 heteroatoms. The second kappa shape index (κ2) is 11.1. The summed E-state index contributed by atoms with van der Waals surface area (Å²) in [7, 11) is 1.40. The van der Waals surface area contributed by atoms with Gasteiger partial charge in [0.15, 0.2) is 11.5 Å². The van der Waals surface area contributed by atoms with Gasteiger partial charge in [0.1, 0.15) is 23.2 Å². The van der Waals surface area contributed by atoms with Crippen molar-refractivity contribution >= 4 is 24.0 Å². The van der Waals surface area contributed by atoms with Crippen LogP contribution in [0.15, 0.2) is 76.9 Å². The summed E-state index contributed by atoms with van der Waals surface area (Å²) in [5.41, 5.74) is 1.02. The molecule has 1 aromatic heterocycles. The first-order valence-electron chi connectivity index (χ1n) is 9.74. The van der Waals surface area contributed by atoms with E-state index in [1.54, 1.807) is 18.2 Å². The highest BCUT2D eigenvalue weighted by Gasteiger charge is 2.12. The standard InChI is InChI=1S/C25H19FN2O5/c1-31-23-14-18(13-19(15-27)25(30)28-16-21-3-2-12-32-21)6-10-22(23)33-24(29)11-7-17-4-8-20(26)9-5-17/h2-14H,16H2,1H3,(H,28,30)/b11-7+,19-13+. The van der Waals surface area contributed by atoms with E-state index < -0.39 is 11.9 Å². The fourth-order valence-electron chi connectivity index (χ4n) is 2.73. The van der Waals surface area contributed by atoms with Gasteiger partial charge in [-0.05, 0) is 59.7 Å². The van der Waals surface area contributed by atoms with Crippen molar-refractivity contribution in [3.05, 3.63) is 95.2 Å². The number of ether oxygens (including phenoxy) is 2. The van der Waals surface area contributed by atoms with Crippen molar-refractivity contribution in [3.8, 4) is 17.6 Å². The summed E-state index contributed by atoms with van der Waals surface area (Å²) >= 11 is 0. The zero-order chi connectivity index (χ0) is 23.6. The molecule has 3 aromatic rings. The molecule has 1 amide bonds. The van der Waals surface area contributed by atoms with Crippen LogP contribution in [-0.4, -0.2) is 19.0 Å². The topological polar surface area (TPSA) is 102 Å². The maximum atomic E-state index is 13.0. The number of nitriles is 1. The van der Waals surface area contributed by atoms with Crippen molar-refractivity contribution in [2.24, 2.45) is 0 Å². The summed E-state index contributed by atoms with van der Waals surface area (Å²) in [5, 5.41) is 12.0. The Balaban J connectivity index is 1.68. The number of carbonyl (C=O) groups is 2. The predicted octanol–water partition coefficient (Wildman–Crippen LogP) is 4.27. The van der Waals surface area contributed by atoms with Crippen LogP contribution in [0.5, 0.6) is 11.5 Å². The number of esters is 1. The smallest absolute Gasteiger partial charge is 0.336 e. The van der Waals surface area contributed by atoms with Crippen LogP contribution < -0.4 is 14.8 Å². The van der Waals surface area contributed by atoms with Gasteiger partial charge in [-0.1, -0.05) is 18.2 Å². The zero-order valence-corrected chi connectivity index (χ0v) is 17.6. The molecule has 2 aromatic carbocycles. The maximum absolute atomic E-state index is 13.0. The van der Waals surface area contributed by atoms with Gasteiger partial charge >= 0.3 is 5.97 Å². The molecule has 7 nitrogen and oxygen atoms in total. The molecular weight excluding hydrogens is 427 g/mol.